The fourth-order valence-corrected chi connectivity index (χ4v) is 1.28. The Kier molecular flexibility index (Phi) is 3.93. The second-order valence-corrected chi connectivity index (χ2v) is 3.11. The Morgan fingerprint density at radius 2 is 2.35 bits per heavy atom. The second kappa shape index (κ2) is 5.21. The van der Waals surface area contributed by atoms with E-state index in [2.05, 4.69) is 9.72 Å². The van der Waals surface area contributed by atoms with Crippen LogP contribution in [-0.2, 0) is 16.0 Å². The summed E-state index contributed by atoms with van der Waals surface area (Å²) in [5, 5.41) is 8.83. The van der Waals surface area contributed by atoms with E-state index < -0.39 is 18.0 Å². The number of halogens is 2. The molecule has 0 aromatic carbocycles. The van der Waals surface area contributed by atoms with E-state index in [0.717, 1.165) is 13.3 Å². The summed E-state index contributed by atoms with van der Waals surface area (Å²) in [6, 6.07) is 1.59. The predicted octanol–water partition coefficient (Wildman–Crippen LogP) is 1.19. The minimum atomic E-state index is -2.90. The smallest absolute Gasteiger partial charge is 0.311 e. The first kappa shape index (κ1) is 12.8. The molecule has 7 heteroatoms. The summed E-state index contributed by atoms with van der Waals surface area (Å²) in [5.74, 6) is -0.668. The van der Waals surface area contributed by atoms with Gasteiger partial charge in [-0.1, -0.05) is 0 Å². The Hall–Kier alpha value is -2.23. The molecule has 0 bridgehead atoms. The van der Waals surface area contributed by atoms with Crippen molar-refractivity contribution in [1.29, 1.82) is 5.26 Å². The molecule has 0 aliphatic rings. The number of aromatic nitrogens is 1. The first-order valence-electron chi connectivity index (χ1n) is 4.53. The number of hydrogen-bond acceptors (Lipinski definition) is 5. The highest BCUT2D eigenvalue weighted by molar-refractivity contribution is 5.73. The molecule has 0 aliphatic carbocycles. The molecule has 0 saturated carbocycles. The summed E-state index contributed by atoms with van der Waals surface area (Å²) >= 11 is 0. The third-order valence-electron chi connectivity index (χ3n) is 2.10. The number of carbonyl (C=O) groups excluding carboxylic acids is 1. The number of alkyl halides is 2. The number of carbonyl (C=O) groups is 1. The van der Waals surface area contributed by atoms with E-state index in [-0.39, 0.29) is 23.4 Å². The normalized spacial score (nSPS) is 10.1. The minimum absolute atomic E-state index is 0.0659. The third-order valence-corrected chi connectivity index (χ3v) is 2.10. The van der Waals surface area contributed by atoms with Gasteiger partial charge in [0, 0.05) is 0 Å². The molecule has 0 saturated heterocycles. The van der Waals surface area contributed by atoms with Crippen molar-refractivity contribution in [2.45, 2.75) is 12.8 Å². The maximum Gasteiger partial charge on any atom is 0.311 e. The zero-order valence-corrected chi connectivity index (χ0v) is 8.91. The van der Waals surface area contributed by atoms with Gasteiger partial charge in [0.25, 0.3) is 6.43 Å². The number of hydrogen-bond donors (Lipinski definition) is 1. The molecule has 1 rings (SSSR count). The standard InChI is InChI=1S/C10H9F2N3O2/c1-17-8(16)2-7-5(3-13)9(10(11)12)6(14)4-15-7/h4,10H,2,14H2,1H3. The zero-order chi connectivity index (χ0) is 13.0. The number of methoxy groups -OCH3 is 1. The van der Waals surface area contributed by atoms with Gasteiger partial charge in [-0.05, 0) is 0 Å². The van der Waals surface area contributed by atoms with Gasteiger partial charge >= 0.3 is 5.97 Å². The highest BCUT2D eigenvalue weighted by Crippen LogP contribution is 2.29. The Labute approximate surface area is 95.8 Å². The number of nitrogens with zero attached hydrogens (tertiary/aromatic N) is 2. The van der Waals surface area contributed by atoms with E-state index in [1.807, 2.05) is 0 Å². The number of nitrogens with two attached hydrogens (primary N) is 1. The molecule has 2 N–H and O–H groups in total. The largest absolute Gasteiger partial charge is 0.469 e. The number of nitriles is 1. The number of anilines is 1. The molecule has 1 heterocycles. The molecule has 90 valence electrons. The quantitative estimate of drug-likeness (QED) is 0.803. The lowest BCUT2D eigenvalue weighted by atomic mass is 10.0. The van der Waals surface area contributed by atoms with Crippen LogP contribution < -0.4 is 5.73 Å². The van der Waals surface area contributed by atoms with Crippen LogP contribution in [0.4, 0.5) is 14.5 Å². The van der Waals surface area contributed by atoms with Crippen LogP contribution in [0.1, 0.15) is 23.2 Å². The van der Waals surface area contributed by atoms with Crippen LogP contribution >= 0.6 is 0 Å². The summed E-state index contributed by atoms with van der Waals surface area (Å²) in [6.07, 6.45) is -2.25. The van der Waals surface area contributed by atoms with Crippen molar-refractivity contribution in [3.05, 3.63) is 23.0 Å². The van der Waals surface area contributed by atoms with Crippen LogP contribution in [0.25, 0.3) is 0 Å². The summed E-state index contributed by atoms with van der Waals surface area (Å²) in [4.78, 5) is 14.7. The van der Waals surface area contributed by atoms with Crippen molar-refractivity contribution in [3.8, 4) is 6.07 Å². The maximum atomic E-state index is 12.7. The Morgan fingerprint density at radius 1 is 1.71 bits per heavy atom. The van der Waals surface area contributed by atoms with Gasteiger partial charge < -0.3 is 10.5 Å². The highest BCUT2D eigenvalue weighted by atomic mass is 19.3. The van der Waals surface area contributed by atoms with Gasteiger partial charge in [0.15, 0.2) is 0 Å². The van der Waals surface area contributed by atoms with Crippen LogP contribution in [0.15, 0.2) is 6.20 Å². The van der Waals surface area contributed by atoms with Gasteiger partial charge in [0.2, 0.25) is 0 Å². The summed E-state index contributed by atoms with van der Waals surface area (Å²) in [5.41, 5.74) is 4.02. The van der Waals surface area contributed by atoms with Gasteiger partial charge in [0.05, 0.1) is 42.2 Å². The highest BCUT2D eigenvalue weighted by Gasteiger charge is 2.22. The Bertz CT molecular complexity index is 483. The summed E-state index contributed by atoms with van der Waals surface area (Å²) < 4.78 is 29.8. The lowest BCUT2D eigenvalue weighted by Gasteiger charge is -2.09. The Balaban J connectivity index is 3.29. The van der Waals surface area contributed by atoms with Gasteiger partial charge in [-0.25, -0.2) is 8.78 Å². The Morgan fingerprint density at radius 3 is 2.82 bits per heavy atom. The first-order valence-corrected chi connectivity index (χ1v) is 4.53. The predicted molar refractivity (Wildman–Crippen MR) is 54.0 cm³/mol. The van der Waals surface area contributed by atoms with Crippen LogP contribution in [0.2, 0.25) is 0 Å². The first-order chi connectivity index (χ1) is 8.01. The van der Waals surface area contributed by atoms with Crippen LogP contribution in [0.3, 0.4) is 0 Å². The van der Waals surface area contributed by atoms with Gasteiger partial charge in [0.1, 0.15) is 6.07 Å². The van der Waals surface area contributed by atoms with Gasteiger partial charge in [-0.15, -0.1) is 0 Å². The van der Waals surface area contributed by atoms with E-state index >= 15 is 0 Å². The van der Waals surface area contributed by atoms with Crippen molar-refractivity contribution in [2.75, 3.05) is 12.8 Å². The monoisotopic (exact) mass is 241 g/mol. The molecule has 17 heavy (non-hydrogen) atoms. The molecule has 1 aromatic heterocycles. The molecular formula is C10H9F2N3O2. The molecule has 0 unspecified atom stereocenters. The van der Waals surface area contributed by atoms with E-state index in [4.69, 9.17) is 11.0 Å². The van der Waals surface area contributed by atoms with Crippen molar-refractivity contribution in [3.63, 3.8) is 0 Å². The van der Waals surface area contributed by atoms with Crippen LogP contribution in [0.5, 0.6) is 0 Å². The number of pyridine rings is 1. The topological polar surface area (TPSA) is 89.0 Å². The van der Waals surface area contributed by atoms with Gasteiger partial charge in [-0.2, -0.15) is 5.26 Å². The number of rotatable bonds is 3. The van der Waals surface area contributed by atoms with E-state index in [1.165, 1.54) is 0 Å². The SMILES string of the molecule is COC(=O)Cc1ncc(N)c(C(F)F)c1C#N. The van der Waals surface area contributed by atoms with Crippen molar-refractivity contribution >= 4 is 11.7 Å². The fraction of sp³-hybridized carbons (Fsp3) is 0.300. The average Bonchev–Trinajstić information content (AvgIpc) is 2.30. The van der Waals surface area contributed by atoms with Gasteiger partial charge in [-0.3, -0.25) is 9.78 Å². The molecular weight excluding hydrogens is 232 g/mol. The van der Waals surface area contributed by atoms with Crippen molar-refractivity contribution < 1.29 is 18.3 Å². The molecule has 5 nitrogen and oxygen atoms in total. The molecule has 0 aliphatic heterocycles. The molecule has 0 amide bonds. The van der Waals surface area contributed by atoms with Crippen molar-refractivity contribution in [1.82, 2.24) is 4.98 Å². The van der Waals surface area contributed by atoms with Crippen molar-refractivity contribution in [2.24, 2.45) is 0 Å². The van der Waals surface area contributed by atoms with E-state index in [9.17, 15) is 13.6 Å². The average molecular weight is 241 g/mol. The molecule has 0 fully saturated rings. The minimum Gasteiger partial charge on any atom is -0.469 e. The fourth-order valence-electron chi connectivity index (χ4n) is 1.28. The molecule has 0 spiro atoms. The number of esters is 1. The van der Waals surface area contributed by atoms with Crippen LogP contribution in [0, 0.1) is 11.3 Å². The lowest BCUT2D eigenvalue weighted by molar-refractivity contribution is -0.139. The van der Waals surface area contributed by atoms with E-state index in [1.54, 1.807) is 6.07 Å². The molecule has 0 radical (unpaired) electrons. The summed E-state index contributed by atoms with van der Waals surface area (Å²) in [6.45, 7) is 0. The van der Waals surface area contributed by atoms with E-state index in [0.29, 0.717) is 0 Å². The van der Waals surface area contributed by atoms with Crippen LogP contribution in [-0.4, -0.2) is 18.1 Å². The molecule has 1 aromatic rings. The zero-order valence-electron chi connectivity index (χ0n) is 8.91. The maximum absolute atomic E-state index is 12.7. The molecule has 0 atom stereocenters. The number of nitrogen functional groups attached to an aromatic ring is 1. The second-order valence-electron chi connectivity index (χ2n) is 3.11. The summed E-state index contributed by atoms with van der Waals surface area (Å²) in [7, 11) is 1.15. The third kappa shape index (κ3) is 2.66. The number of ether oxygens (including phenoxy) is 1. The lowest BCUT2D eigenvalue weighted by Crippen LogP contribution is -2.11.